The number of nitrogens with zero attached hydrogens (tertiary/aromatic N) is 4. The molecule has 3 aromatic heterocycles. The zero-order chi connectivity index (χ0) is 13.8. The zero-order valence-corrected chi connectivity index (χ0v) is 10.1. The number of nitrogens with one attached hydrogen (secondary N) is 2. The third kappa shape index (κ3) is 2.83. The Balaban J connectivity index is 0.000000141. The van der Waals surface area contributed by atoms with Gasteiger partial charge >= 0.3 is 5.69 Å². The lowest BCUT2D eigenvalue weighted by Crippen LogP contribution is -2.12. The van der Waals surface area contributed by atoms with Crippen LogP contribution >= 0.6 is 0 Å². The van der Waals surface area contributed by atoms with Crippen LogP contribution in [0.25, 0.3) is 11.2 Å². The third-order valence-electron chi connectivity index (χ3n) is 2.29. The van der Waals surface area contributed by atoms with Crippen LogP contribution in [0.1, 0.15) is 5.56 Å². The molecule has 0 aliphatic rings. The largest absolute Gasteiger partial charge is 0.385 e. The normalized spacial score (nSPS) is 9.95. The number of rotatable bonds is 0. The highest BCUT2D eigenvalue weighted by Gasteiger charge is 1.99. The number of nitrogens with two attached hydrogens (primary N) is 2. The van der Waals surface area contributed by atoms with Crippen LogP contribution in [0.15, 0.2) is 23.6 Å². The van der Waals surface area contributed by atoms with Gasteiger partial charge in [0.25, 0.3) is 0 Å². The molecular formula is C10H12N8O. The summed E-state index contributed by atoms with van der Waals surface area (Å²) in [6, 6.07) is 0. The molecule has 0 radical (unpaired) electrons. The van der Waals surface area contributed by atoms with Gasteiger partial charge in [0.2, 0.25) is 0 Å². The molecule has 0 fully saturated rings. The van der Waals surface area contributed by atoms with Gasteiger partial charge < -0.3 is 16.5 Å². The number of aromatic amines is 2. The summed E-state index contributed by atoms with van der Waals surface area (Å²) in [5, 5.41) is 0. The predicted octanol–water partition coefficient (Wildman–Crippen LogP) is -0.404. The first-order valence-corrected chi connectivity index (χ1v) is 5.29. The van der Waals surface area contributed by atoms with E-state index in [1.54, 1.807) is 6.92 Å². The van der Waals surface area contributed by atoms with Crippen molar-refractivity contribution in [2.45, 2.75) is 6.92 Å². The summed E-state index contributed by atoms with van der Waals surface area (Å²) < 4.78 is 0. The molecule has 0 amide bonds. The molecule has 0 aliphatic carbocycles. The Kier molecular flexibility index (Phi) is 3.37. The first-order valence-electron chi connectivity index (χ1n) is 5.29. The van der Waals surface area contributed by atoms with Gasteiger partial charge in [0.05, 0.1) is 6.33 Å². The van der Waals surface area contributed by atoms with E-state index >= 15 is 0 Å². The standard InChI is InChI=1S/C5H5N5.C5H7N3O/c6-4-3-5(9-1-7-3)10-2-8-4;1-3-2-7-5(9)8-4(3)6/h1-2H,(H3,6,7,8,9,10);2H,1H3,(H3,6,7,8,9). The molecule has 3 rings (SSSR count). The van der Waals surface area contributed by atoms with Gasteiger partial charge in [0, 0.05) is 11.8 Å². The Hall–Kier alpha value is -2.97. The van der Waals surface area contributed by atoms with Crippen LogP contribution in [-0.4, -0.2) is 29.9 Å². The van der Waals surface area contributed by atoms with Crippen LogP contribution < -0.4 is 17.2 Å². The molecule has 9 nitrogen and oxygen atoms in total. The van der Waals surface area contributed by atoms with Gasteiger partial charge in [-0.25, -0.2) is 24.7 Å². The number of fused-ring (bicyclic) bond motifs is 1. The lowest BCUT2D eigenvalue weighted by molar-refractivity contribution is 1.06. The summed E-state index contributed by atoms with van der Waals surface area (Å²) in [7, 11) is 0. The molecule has 0 aromatic carbocycles. The maximum absolute atomic E-state index is 10.4. The summed E-state index contributed by atoms with van der Waals surface area (Å²) in [4.78, 5) is 30.6. The van der Waals surface area contributed by atoms with Gasteiger partial charge in [-0.3, -0.25) is 4.98 Å². The number of aryl methyl sites for hydroxylation is 1. The van der Waals surface area contributed by atoms with Crippen molar-refractivity contribution in [2.75, 3.05) is 11.5 Å². The Morgan fingerprint density at radius 2 is 1.95 bits per heavy atom. The van der Waals surface area contributed by atoms with Gasteiger partial charge in [-0.1, -0.05) is 0 Å². The summed E-state index contributed by atoms with van der Waals surface area (Å²) in [5.74, 6) is 0.817. The van der Waals surface area contributed by atoms with Crippen molar-refractivity contribution in [3.63, 3.8) is 0 Å². The minimum Gasteiger partial charge on any atom is -0.385 e. The molecule has 3 heterocycles. The monoisotopic (exact) mass is 260 g/mol. The smallest absolute Gasteiger partial charge is 0.346 e. The van der Waals surface area contributed by atoms with Crippen molar-refractivity contribution in [1.82, 2.24) is 29.9 Å². The molecule has 98 valence electrons. The second kappa shape index (κ2) is 5.12. The zero-order valence-electron chi connectivity index (χ0n) is 10.1. The number of anilines is 2. The first-order chi connectivity index (χ1) is 9.08. The number of H-pyrrole nitrogens is 2. The SMILES string of the molecule is Cc1cnc(=O)[nH]c1N.Nc1ncnc2nc[nH]c12. The highest BCUT2D eigenvalue weighted by Crippen LogP contribution is 2.09. The number of nitrogen functional groups attached to an aromatic ring is 2. The van der Waals surface area contributed by atoms with Crippen molar-refractivity contribution in [2.24, 2.45) is 0 Å². The van der Waals surface area contributed by atoms with Crippen LogP contribution in [0.3, 0.4) is 0 Å². The third-order valence-corrected chi connectivity index (χ3v) is 2.29. The molecule has 0 bridgehead atoms. The van der Waals surface area contributed by atoms with E-state index in [0.29, 0.717) is 22.8 Å². The second-order valence-corrected chi connectivity index (χ2v) is 3.65. The van der Waals surface area contributed by atoms with E-state index in [-0.39, 0.29) is 0 Å². The summed E-state index contributed by atoms with van der Waals surface area (Å²) in [6.07, 6.45) is 4.36. The maximum Gasteiger partial charge on any atom is 0.346 e. The lowest BCUT2D eigenvalue weighted by Gasteiger charge is -1.93. The van der Waals surface area contributed by atoms with Crippen LogP contribution in [0, 0.1) is 6.92 Å². The molecule has 0 unspecified atom stereocenters. The Labute approximate surface area is 107 Å². The maximum atomic E-state index is 10.4. The van der Waals surface area contributed by atoms with Crippen molar-refractivity contribution < 1.29 is 0 Å². The van der Waals surface area contributed by atoms with E-state index in [1.165, 1.54) is 18.9 Å². The lowest BCUT2D eigenvalue weighted by atomic mass is 10.4. The van der Waals surface area contributed by atoms with Crippen LogP contribution in [0.4, 0.5) is 11.6 Å². The number of hydrogen-bond acceptors (Lipinski definition) is 7. The fourth-order valence-corrected chi connectivity index (χ4v) is 1.25. The molecule has 9 heteroatoms. The minimum atomic E-state index is -0.405. The van der Waals surface area contributed by atoms with E-state index in [2.05, 4.69) is 29.9 Å². The Morgan fingerprint density at radius 3 is 2.58 bits per heavy atom. The van der Waals surface area contributed by atoms with E-state index < -0.39 is 5.69 Å². The van der Waals surface area contributed by atoms with E-state index in [4.69, 9.17) is 11.5 Å². The first kappa shape index (κ1) is 12.5. The molecule has 19 heavy (non-hydrogen) atoms. The number of aromatic nitrogens is 6. The van der Waals surface area contributed by atoms with Crippen LogP contribution in [0.5, 0.6) is 0 Å². The van der Waals surface area contributed by atoms with E-state index in [1.807, 2.05) is 0 Å². The van der Waals surface area contributed by atoms with Crippen molar-refractivity contribution in [3.8, 4) is 0 Å². The molecule has 6 N–H and O–H groups in total. The van der Waals surface area contributed by atoms with Gasteiger partial charge in [-0.15, -0.1) is 0 Å². The van der Waals surface area contributed by atoms with Gasteiger partial charge in [-0.2, -0.15) is 0 Å². The van der Waals surface area contributed by atoms with Crippen molar-refractivity contribution in [1.29, 1.82) is 0 Å². The number of imidazole rings is 1. The average molecular weight is 260 g/mol. The quantitative estimate of drug-likeness (QED) is 0.428. The Bertz CT molecular complexity index is 746. The summed E-state index contributed by atoms with van der Waals surface area (Å²) in [6.45, 7) is 1.78. The fraction of sp³-hybridized carbons (Fsp3) is 0.100. The van der Waals surface area contributed by atoms with Gasteiger partial charge in [0.15, 0.2) is 11.5 Å². The van der Waals surface area contributed by atoms with Crippen molar-refractivity contribution in [3.05, 3.63) is 34.9 Å². The predicted molar refractivity (Wildman–Crippen MR) is 70.1 cm³/mol. The molecule has 3 aromatic rings. The number of hydrogen-bond donors (Lipinski definition) is 4. The van der Waals surface area contributed by atoms with Gasteiger partial charge in [0.1, 0.15) is 17.7 Å². The molecule has 0 spiro atoms. The van der Waals surface area contributed by atoms with E-state index in [9.17, 15) is 4.79 Å². The topological polar surface area (TPSA) is 152 Å². The van der Waals surface area contributed by atoms with E-state index in [0.717, 1.165) is 5.56 Å². The highest BCUT2D eigenvalue weighted by molar-refractivity contribution is 5.80. The molecule has 0 saturated carbocycles. The summed E-state index contributed by atoms with van der Waals surface area (Å²) in [5.41, 5.74) is 12.5. The second-order valence-electron chi connectivity index (χ2n) is 3.65. The molecule has 0 atom stereocenters. The van der Waals surface area contributed by atoms with Crippen molar-refractivity contribution >= 4 is 22.8 Å². The molecule has 0 aliphatic heterocycles. The average Bonchev–Trinajstić information content (AvgIpc) is 2.85. The molecular weight excluding hydrogens is 248 g/mol. The Morgan fingerprint density at radius 1 is 1.16 bits per heavy atom. The fourth-order valence-electron chi connectivity index (χ4n) is 1.25. The van der Waals surface area contributed by atoms with Gasteiger partial charge in [-0.05, 0) is 6.92 Å². The van der Waals surface area contributed by atoms with Crippen LogP contribution in [-0.2, 0) is 0 Å². The molecule has 0 saturated heterocycles. The highest BCUT2D eigenvalue weighted by atomic mass is 16.1. The summed E-state index contributed by atoms with van der Waals surface area (Å²) >= 11 is 0. The minimum absolute atomic E-state index is 0.384. The van der Waals surface area contributed by atoms with Crippen LogP contribution in [0.2, 0.25) is 0 Å².